The van der Waals surface area contributed by atoms with Gasteiger partial charge >= 0.3 is 0 Å². The lowest BCUT2D eigenvalue weighted by atomic mass is 10.1. The first-order valence-corrected chi connectivity index (χ1v) is 5.94. The standard InChI is InChI=1S/C14H18N2O/c1-4-10(2)16-14-12-6-5-7-13(17-3)11(12)8-9-15-14/h5-10H,4H2,1-3H3,(H,15,16). The van der Waals surface area contributed by atoms with Gasteiger partial charge in [0, 0.05) is 23.0 Å². The Kier molecular flexibility index (Phi) is 3.47. The number of hydrogen-bond donors (Lipinski definition) is 1. The Labute approximate surface area is 102 Å². The van der Waals surface area contributed by atoms with Crippen LogP contribution in [-0.4, -0.2) is 18.1 Å². The molecule has 0 radical (unpaired) electrons. The van der Waals surface area contributed by atoms with E-state index < -0.39 is 0 Å². The van der Waals surface area contributed by atoms with E-state index in [2.05, 4.69) is 30.2 Å². The van der Waals surface area contributed by atoms with Gasteiger partial charge in [-0.1, -0.05) is 19.1 Å². The summed E-state index contributed by atoms with van der Waals surface area (Å²) in [7, 11) is 1.69. The van der Waals surface area contributed by atoms with E-state index in [1.807, 2.05) is 24.4 Å². The van der Waals surface area contributed by atoms with Gasteiger partial charge in [-0.15, -0.1) is 0 Å². The smallest absolute Gasteiger partial charge is 0.134 e. The number of methoxy groups -OCH3 is 1. The van der Waals surface area contributed by atoms with Crippen LogP contribution in [0.3, 0.4) is 0 Å². The van der Waals surface area contributed by atoms with Crippen molar-refractivity contribution in [1.82, 2.24) is 4.98 Å². The number of aromatic nitrogens is 1. The monoisotopic (exact) mass is 230 g/mol. The van der Waals surface area contributed by atoms with Crippen LogP contribution in [0.25, 0.3) is 10.8 Å². The average Bonchev–Trinajstić information content (AvgIpc) is 2.38. The van der Waals surface area contributed by atoms with Gasteiger partial charge in [0.1, 0.15) is 11.6 Å². The normalized spacial score (nSPS) is 12.4. The van der Waals surface area contributed by atoms with Crippen molar-refractivity contribution in [2.75, 3.05) is 12.4 Å². The largest absolute Gasteiger partial charge is 0.496 e. The lowest BCUT2D eigenvalue weighted by molar-refractivity contribution is 0.420. The molecule has 0 spiro atoms. The van der Waals surface area contributed by atoms with Crippen LogP contribution in [0.4, 0.5) is 5.82 Å². The molecule has 0 fully saturated rings. The van der Waals surface area contributed by atoms with E-state index in [1.54, 1.807) is 7.11 Å². The van der Waals surface area contributed by atoms with E-state index in [4.69, 9.17) is 4.74 Å². The van der Waals surface area contributed by atoms with Crippen molar-refractivity contribution in [2.45, 2.75) is 26.3 Å². The molecule has 2 rings (SSSR count). The van der Waals surface area contributed by atoms with Crippen molar-refractivity contribution in [3.05, 3.63) is 30.5 Å². The second-order valence-electron chi connectivity index (χ2n) is 4.17. The number of ether oxygens (including phenoxy) is 1. The van der Waals surface area contributed by atoms with Crippen LogP contribution >= 0.6 is 0 Å². The Bertz CT molecular complexity index is 511. The number of fused-ring (bicyclic) bond motifs is 1. The summed E-state index contributed by atoms with van der Waals surface area (Å²) in [5.41, 5.74) is 0. The third kappa shape index (κ3) is 2.33. The fraction of sp³-hybridized carbons (Fsp3) is 0.357. The molecule has 0 amide bonds. The van der Waals surface area contributed by atoms with Crippen molar-refractivity contribution in [3.63, 3.8) is 0 Å². The first kappa shape index (κ1) is 11.7. The molecular weight excluding hydrogens is 212 g/mol. The molecule has 1 aromatic heterocycles. The van der Waals surface area contributed by atoms with Crippen molar-refractivity contribution in [3.8, 4) is 5.75 Å². The molecule has 1 N–H and O–H groups in total. The minimum atomic E-state index is 0.416. The molecule has 0 bridgehead atoms. The molecule has 0 aliphatic rings. The molecule has 1 heterocycles. The molecule has 1 atom stereocenters. The third-order valence-corrected chi connectivity index (χ3v) is 2.98. The summed E-state index contributed by atoms with van der Waals surface area (Å²) in [5, 5.41) is 5.62. The quantitative estimate of drug-likeness (QED) is 0.873. The summed E-state index contributed by atoms with van der Waals surface area (Å²) in [6, 6.07) is 8.42. The molecular formula is C14H18N2O. The number of rotatable bonds is 4. The Morgan fingerprint density at radius 3 is 2.82 bits per heavy atom. The van der Waals surface area contributed by atoms with Crippen LogP contribution < -0.4 is 10.1 Å². The van der Waals surface area contributed by atoms with E-state index in [9.17, 15) is 0 Å². The molecule has 0 aliphatic carbocycles. The van der Waals surface area contributed by atoms with Crippen LogP contribution in [-0.2, 0) is 0 Å². The maximum absolute atomic E-state index is 5.36. The third-order valence-electron chi connectivity index (χ3n) is 2.98. The minimum Gasteiger partial charge on any atom is -0.496 e. The number of hydrogen-bond acceptors (Lipinski definition) is 3. The van der Waals surface area contributed by atoms with E-state index in [0.717, 1.165) is 28.8 Å². The van der Waals surface area contributed by atoms with E-state index in [0.29, 0.717) is 6.04 Å². The van der Waals surface area contributed by atoms with Crippen molar-refractivity contribution < 1.29 is 4.74 Å². The summed E-state index contributed by atoms with van der Waals surface area (Å²) < 4.78 is 5.36. The predicted octanol–water partition coefficient (Wildman–Crippen LogP) is 3.45. The van der Waals surface area contributed by atoms with Gasteiger partial charge in [-0.25, -0.2) is 4.98 Å². The summed E-state index contributed by atoms with van der Waals surface area (Å²) in [4.78, 5) is 4.40. The first-order chi connectivity index (χ1) is 8.26. The number of pyridine rings is 1. The number of nitrogens with one attached hydrogen (secondary N) is 1. The lowest BCUT2D eigenvalue weighted by Crippen LogP contribution is -2.14. The molecule has 90 valence electrons. The van der Waals surface area contributed by atoms with Crippen LogP contribution in [0.15, 0.2) is 30.5 Å². The Hall–Kier alpha value is -1.77. The van der Waals surface area contributed by atoms with Crippen LogP contribution in [0.5, 0.6) is 5.75 Å². The van der Waals surface area contributed by atoms with Gasteiger partial charge in [-0.3, -0.25) is 0 Å². The van der Waals surface area contributed by atoms with Gasteiger partial charge in [0.05, 0.1) is 7.11 Å². The highest BCUT2D eigenvalue weighted by Crippen LogP contribution is 2.29. The summed E-state index contributed by atoms with van der Waals surface area (Å²) in [6.45, 7) is 4.31. The first-order valence-electron chi connectivity index (χ1n) is 5.94. The van der Waals surface area contributed by atoms with Gasteiger partial charge in [0.25, 0.3) is 0 Å². The second kappa shape index (κ2) is 5.04. The highest BCUT2D eigenvalue weighted by Gasteiger charge is 2.07. The maximum Gasteiger partial charge on any atom is 0.134 e. The molecule has 0 saturated carbocycles. The van der Waals surface area contributed by atoms with E-state index >= 15 is 0 Å². The molecule has 1 unspecified atom stereocenters. The number of benzene rings is 1. The Morgan fingerprint density at radius 1 is 1.29 bits per heavy atom. The van der Waals surface area contributed by atoms with Crippen LogP contribution in [0.2, 0.25) is 0 Å². The van der Waals surface area contributed by atoms with Gasteiger partial charge in [0.15, 0.2) is 0 Å². The van der Waals surface area contributed by atoms with Gasteiger partial charge < -0.3 is 10.1 Å². The average molecular weight is 230 g/mol. The molecule has 17 heavy (non-hydrogen) atoms. The molecule has 2 aromatic rings. The zero-order valence-electron chi connectivity index (χ0n) is 10.5. The van der Waals surface area contributed by atoms with Crippen LogP contribution in [0.1, 0.15) is 20.3 Å². The molecule has 3 heteroatoms. The van der Waals surface area contributed by atoms with E-state index in [-0.39, 0.29) is 0 Å². The zero-order chi connectivity index (χ0) is 12.3. The highest BCUT2D eigenvalue weighted by molar-refractivity contribution is 5.95. The fourth-order valence-electron chi connectivity index (χ4n) is 1.81. The van der Waals surface area contributed by atoms with Gasteiger partial charge in [0.2, 0.25) is 0 Å². The minimum absolute atomic E-state index is 0.416. The van der Waals surface area contributed by atoms with Crippen molar-refractivity contribution in [1.29, 1.82) is 0 Å². The Balaban J connectivity index is 2.50. The fourth-order valence-corrected chi connectivity index (χ4v) is 1.81. The SMILES string of the molecule is CCC(C)Nc1nccc2c(OC)cccc12. The lowest BCUT2D eigenvalue weighted by Gasteiger charge is -2.14. The number of nitrogens with zero attached hydrogens (tertiary/aromatic N) is 1. The highest BCUT2D eigenvalue weighted by atomic mass is 16.5. The summed E-state index contributed by atoms with van der Waals surface area (Å²) >= 11 is 0. The maximum atomic E-state index is 5.36. The van der Waals surface area contributed by atoms with Gasteiger partial charge in [-0.2, -0.15) is 0 Å². The second-order valence-corrected chi connectivity index (χ2v) is 4.17. The van der Waals surface area contributed by atoms with Crippen molar-refractivity contribution >= 4 is 16.6 Å². The number of anilines is 1. The van der Waals surface area contributed by atoms with Gasteiger partial charge in [-0.05, 0) is 25.5 Å². The molecule has 0 aliphatic heterocycles. The summed E-state index contributed by atoms with van der Waals surface area (Å²) in [6.07, 6.45) is 2.89. The van der Waals surface area contributed by atoms with Crippen molar-refractivity contribution in [2.24, 2.45) is 0 Å². The predicted molar refractivity (Wildman–Crippen MR) is 71.7 cm³/mol. The molecule has 3 nitrogen and oxygen atoms in total. The molecule has 1 aromatic carbocycles. The molecule has 0 saturated heterocycles. The topological polar surface area (TPSA) is 34.2 Å². The Morgan fingerprint density at radius 2 is 2.12 bits per heavy atom. The summed E-state index contributed by atoms with van der Waals surface area (Å²) in [5.74, 6) is 1.81. The van der Waals surface area contributed by atoms with E-state index in [1.165, 1.54) is 0 Å². The van der Waals surface area contributed by atoms with Crippen LogP contribution in [0, 0.1) is 0 Å². The zero-order valence-corrected chi connectivity index (χ0v) is 10.5.